The number of hydrogen-bond acceptors (Lipinski definition) is 3. The summed E-state index contributed by atoms with van der Waals surface area (Å²) in [5.41, 5.74) is 4.42. The third-order valence-electron chi connectivity index (χ3n) is 4.60. The summed E-state index contributed by atoms with van der Waals surface area (Å²) in [6, 6.07) is 7.02. The van der Waals surface area contributed by atoms with E-state index < -0.39 is 0 Å². The largest absolute Gasteiger partial charge is 0.374 e. The summed E-state index contributed by atoms with van der Waals surface area (Å²) in [7, 11) is 2.21. The summed E-state index contributed by atoms with van der Waals surface area (Å²) in [6.45, 7) is 3.42. The van der Waals surface area contributed by atoms with E-state index in [0.29, 0.717) is 0 Å². The van der Waals surface area contributed by atoms with Gasteiger partial charge in [-0.05, 0) is 66.8 Å². The highest BCUT2D eigenvalue weighted by Crippen LogP contribution is 2.27. The fourth-order valence-corrected chi connectivity index (χ4v) is 4.52. The molecule has 0 aromatic heterocycles. The Morgan fingerprint density at radius 1 is 1.30 bits per heavy atom. The third-order valence-corrected chi connectivity index (χ3v) is 5.65. The number of anilines is 1. The fourth-order valence-electron chi connectivity index (χ4n) is 3.32. The molecule has 0 bridgehead atoms. The minimum absolute atomic E-state index is 0.903. The summed E-state index contributed by atoms with van der Waals surface area (Å²) in [5.74, 6) is 3.62. The Bertz CT molecular complexity index is 441. The van der Waals surface area contributed by atoms with E-state index in [2.05, 4.69) is 47.2 Å². The van der Waals surface area contributed by atoms with Crippen LogP contribution in [-0.2, 0) is 13.0 Å². The molecule has 0 aliphatic carbocycles. The van der Waals surface area contributed by atoms with E-state index in [1.807, 2.05) is 0 Å². The molecule has 20 heavy (non-hydrogen) atoms. The third kappa shape index (κ3) is 3.50. The van der Waals surface area contributed by atoms with Gasteiger partial charge < -0.3 is 10.2 Å². The molecule has 1 saturated heterocycles. The smallest absolute Gasteiger partial charge is 0.0396 e. The first-order valence-electron chi connectivity index (χ1n) is 7.94. The first-order chi connectivity index (χ1) is 9.83. The monoisotopic (exact) mass is 290 g/mol. The van der Waals surface area contributed by atoms with Crippen LogP contribution in [0, 0.1) is 5.92 Å². The SMILES string of the molecule is CN1CCCc2cc(CNCC3CCSCC3)ccc21. The molecule has 110 valence electrons. The van der Waals surface area contributed by atoms with Crippen LogP contribution in [0.2, 0.25) is 0 Å². The molecular formula is C17H26N2S. The molecule has 2 nitrogen and oxygen atoms in total. The number of rotatable bonds is 4. The van der Waals surface area contributed by atoms with E-state index >= 15 is 0 Å². The van der Waals surface area contributed by atoms with Crippen LogP contribution in [0.1, 0.15) is 30.4 Å². The number of aryl methyl sites for hydroxylation is 1. The van der Waals surface area contributed by atoms with E-state index in [0.717, 1.165) is 12.5 Å². The molecule has 0 atom stereocenters. The van der Waals surface area contributed by atoms with Gasteiger partial charge in [-0.15, -0.1) is 0 Å². The quantitative estimate of drug-likeness (QED) is 0.916. The van der Waals surface area contributed by atoms with Gasteiger partial charge >= 0.3 is 0 Å². The van der Waals surface area contributed by atoms with Crippen LogP contribution >= 0.6 is 11.8 Å². The molecule has 0 amide bonds. The van der Waals surface area contributed by atoms with Crippen LogP contribution in [0.5, 0.6) is 0 Å². The van der Waals surface area contributed by atoms with Gasteiger partial charge in [-0.25, -0.2) is 0 Å². The van der Waals surface area contributed by atoms with E-state index in [-0.39, 0.29) is 0 Å². The Morgan fingerprint density at radius 2 is 2.15 bits per heavy atom. The molecule has 0 radical (unpaired) electrons. The second kappa shape index (κ2) is 6.86. The van der Waals surface area contributed by atoms with Crippen LogP contribution in [0.15, 0.2) is 18.2 Å². The van der Waals surface area contributed by atoms with Gasteiger partial charge in [0.1, 0.15) is 0 Å². The first kappa shape index (κ1) is 14.3. The van der Waals surface area contributed by atoms with Crippen molar-refractivity contribution in [2.45, 2.75) is 32.2 Å². The molecule has 3 rings (SSSR count). The van der Waals surface area contributed by atoms with Gasteiger partial charge in [-0.2, -0.15) is 11.8 Å². The average molecular weight is 290 g/mol. The Balaban J connectivity index is 1.52. The maximum absolute atomic E-state index is 3.67. The van der Waals surface area contributed by atoms with Crippen molar-refractivity contribution in [3.63, 3.8) is 0 Å². The molecule has 1 N–H and O–H groups in total. The van der Waals surface area contributed by atoms with Crippen molar-refractivity contribution in [1.29, 1.82) is 0 Å². The molecule has 2 heterocycles. The van der Waals surface area contributed by atoms with Crippen LogP contribution < -0.4 is 10.2 Å². The van der Waals surface area contributed by atoms with E-state index in [1.165, 1.54) is 67.1 Å². The van der Waals surface area contributed by atoms with Crippen LogP contribution in [0.25, 0.3) is 0 Å². The highest BCUT2D eigenvalue weighted by molar-refractivity contribution is 7.99. The maximum atomic E-state index is 3.67. The average Bonchev–Trinajstić information content (AvgIpc) is 2.48. The van der Waals surface area contributed by atoms with Gasteiger partial charge in [-0.3, -0.25) is 0 Å². The number of nitrogens with zero attached hydrogens (tertiary/aromatic N) is 1. The molecule has 0 unspecified atom stereocenters. The predicted molar refractivity (Wildman–Crippen MR) is 89.8 cm³/mol. The molecule has 3 heteroatoms. The summed E-state index contributed by atoms with van der Waals surface area (Å²) in [5, 5.41) is 3.67. The molecular weight excluding hydrogens is 264 g/mol. The van der Waals surface area contributed by atoms with Crippen molar-refractivity contribution in [3.8, 4) is 0 Å². The van der Waals surface area contributed by atoms with Gasteiger partial charge in [-0.1, -0.05) is 12.1 Å². The zero-order valence-electron chi connectivity index (χ0n) is 12.5. The van der Waals surface area contributed by atoms with Crippen LogP contribution in [0.4, 0.5) is 5.69 Å². The topological polar surface area (TPSA) is 15.3 Å². The van der Waals surface area contributed by atoms with E-state index in [9.17, 15) is 0 Å². The van der Waals surface area contributed by atoms with Crippen molar-refractivity contribution >= 4 is 17.4 Å². The minimum atomic E-state index is 0.903. The van der Waals surface area contributed by atoms with Gasteiger partial charge in [0.2, 0.25) is 0 Å². The molecule has 0 saturated carbocycles. The van der Waals surface area contributed by atoms with Crippen molar-refractivity contribution in [3.05, 3.63) is 29.3 Å². The number of fused-ring (bicyclic) bond motifs is 1. The Hall–Kier alpha value is -0.670. The normalized spacial score (nSPS) is 19.9. The Labute approximate surface area is 127 Å². The Morgan fingerprint density at radius 3 is 3.00 bits per heavy atom. The number of thioether (sulfide) groups is 1. The van der Waals surface area contributed by atoms with Gasteiger partial charge in [0, 0.05) is 25.8 Å². The summed E-state index contributed by atoms with van der Waals surface area (Å²) >= 11 is 2.11. The lowest BCUT2D eigenvalue weighted by Gasteiger charge is -2.28. The zero-order valence-corrected chi connectivity index (χ0v) is 13.3. The summed E-state index contributed by atoms with van der Waals surface area (Å²) in [4.78, 5) is 2.38. The van der Waals surface area contributed by atoms with E-state index in [1.54, 1.807) is 0 Å². The van der Waals surface area contributed by atoms with Crippen molar-refractivity contribution in [2.75, 3.05) is 36.5 Å². The predicted octanol–water partition coefficient (Wildman–Crippen LogP) is 3.30. The molecule has 0 spiro atoms. The lowest BCUT2D eigenvalue weighted by Crippen LogP contribution is -2.26. The standard InChI is InChI=1S/C17H26N2S/c1-19-8-2-3-16-11-15(4-5-17(16)19)13-18-12-14-6-9-20-10-7-14/h4-5,11,14,18H,2-3,6-10,12-13H2,1H3. The van der Waals surface area contributed by atoms with Gasteiger partial charge in [0.05, 0.1) is 0 Å². The fraction of sp³-hybridized carbons (Fsp3) is 0.647. The van der Waals surface area contributed by atoms with Crippen molar-refractivity contribution in [1.82, 2.24) is 5.32 Å². The molecule has 1 aromatic rings. The van der Waals surface area contributed by atoms with Gasteiger partial charge in [0.25, 0.3) is 0 Å². The number of benzene rings is 1. The number of nitrogens with one attached hydrogen (secondary N) is 1. The highest BCUT2D eigenvalue weighted by atomic mass is 32.2. The molecule has 1 aromatic carbocycles. The molecule has 2 aliphatic heterocycles. The lowest BCUT2D eigenvalue weighted by atomic mass is 9.99. The summed E-state index contributed by atoms with van der Waals surface area (Å²) < 4.78 is 0. The summed E-state index contributed by atoms with van der Waals surface area (Å²) in [6.07, 6.45) is 5.33. The van der Waals surface area contributed by atoms with Crippen molar-refractivity contribution < 1.29 is 0 Å². The lowest BCUT2D eigenvalue weighted by molar-refractivity contribution is 0.447. The Kier molecular flexibility index (Phi) is 4.90. The molecule has 2 aliphatic rings. The second-order valence-corrected chi connectivity index (χ2v) is 7.40. The maximum Gasteiger partial charge on any atom is 0.0396 e. The van der Waals surface area contributed by atoms with Gasteiger partial charge in [0.15, 0.2) is 0 Å². The second-order valence-electron chi connectivity index (χ2n) is 6.17. The highest BCUT2D eigenvalue weighted by Gasteiger charge is 2.15. The molecule has 1 fully saturated rings. The zero-order chi connectivity index (χ0) is 13.8. The van der Waals surface area contributed by atoms with Crippen LogP contribution in [-0.4, -0.2) is 31.6 Å². The van der Waals surface area contributed by atoms with Crippen molar-refractivity contribution in [2.24, 2.45) is 5.92 Å². The minimum Gasteiger partial charge on any atom is -0.374 e. The first-order valence-corrected chi connectivity index (χ1v) is 9.10. The number of hydrogen-bond donors (Lipinski definition) is 1. The van der Waals surface area contributed by atoms with Crippen LogP contribution in [0.3, 0.4) is 0 Å². The van der Waals surface area contributed by atoms with E-state index in [4.69, 9.17) is 0 Å².